The maximum Gasteiger partial charge on any atom is 0.180 e. The van der Waals surface area contributed by atoms with Crippen molar-refractivity contribution in [2.24, 2.45) is 0 Å². The molecule has 50 valence electrons. The number of thiazole rings is 1. The quantitative estimate of drug-likeness (QED) is 0.682. The fourth-order valence-corrected chi connectivity index (χ4v) is 1.47. The fourth-order valence-electron chi connectivity index (χ4n) is 0.685. The maximum atomic E-state index is 5.42. The standard InChI is InChI=1S/C6H10N2S/c1-2-3-5-4-8-6(7)9-5/h4H,2-3H2,1H3,(H2,7,8). The number of hydrogen-bond donors (Lipinski definition) is 1. The minimum absolute atomic E-state index is 0.679. The first-order valence-electron chi connectivity index (χ1n) is 3.03. The largest absolute Gasteiger partial charge is 0.375 e. The van der Waals surface area contributed by atoms with Gasteiger partial charge in [-0.25, -0.2) is 4.98 Å². The summed E-state index contributed by atoms with van der Waals surface area (Å²) >= 11 is 1.58. The van der Waals surface area contributed by atoms with Gasteiger partial charge < -0.3 is 5.73 Å². The molecule has 0 saturated carbocycles. The molecule has 3 heteroatoms. The van der Waals surface area contributed by atoms with Gasteiger partial charge in [-0.3, -0.25) is 0 Å². The van der Waals surface area contributed by atoms with Crippen LogP contribution in [0, 0.1) is 0 Å². The number of nitrogens with zero attached hydrogens (tertiary/aromatic N) is 1. The first-order valence-corrected chi connectivity index (χ1v) is 3.84. The molecule has 0 bridgehead atoms. The number of aromatic nitrogens is 1. The summed E-state index contributed by atoms with van der Waals surface area (Å²) < 4.78 is 0. The van der Waals surface area contributed by atoms with Crippen LogP contribution < -0.4 is 5.73 Å². The van der Waals surface area contributed by atoms with Crippen molar-refractivity contribution in [1.82, 2.24) is 4.98 Å². The Hall–Kier alpha value is -0.570. The van der Waals surface area contributed by atoms with Crippen LogP contribution in [0.4, 0.5) is 5.13 Å². The third-order valence-electron chi connectivity index (χ3n) is 1.07. The van der Waals surface area contributed by atoms with Crippen LogP contribution in [0.25, 0.3) is 0 Å². The van der Waals surface area contributed by atoms with E-state index in [9.17, 15) is 0 Å². The molecule has 0 aromatic carbocycles. The first kappa shape index (κ1) is 6.55. The molecule has 0 amide bonds. The zero-order valence-corrected chi connectivity index (χ0v) is 6.24. The van der Waals surface area contributed by atoms with Gasteiger partial charge in [0.25, 0.3) is 0 Å². The summed E-state index contributed by atoms with van der Waals surface area (Å²) in [6, 6.07) is 0. The summed E-state index contributed by atoms with van der Waals surface area (Å²) in [5, 5.41) is 0.679. The van der Waals surface area contributed by atoms with Gasteiger partial charge in [0.15, 0.2) is 5.13 Å². The highest BCUT2D eigenvalue weighted by atomic mass is 32.1. The molecule has 1 heterocycles. The molecule has 9 heavy (non-hydrogen) atoms. The SMILES string of the molecule is CCCc1cnc(N)s1. The number of aryl methyl sites for hydroxylation is 1. The van der Waals surface area contributed by atoms with Crippen molar-refractivity contribution < 1.29 is 0 Å². The van der Waals surface area contributed by atoms with Crippen molar-refractivity contribution in [3.63, 3.8) is 0 Å². The van der Waals surface area contributed by atoms with E-state index in [0.717, 1.165) is 6.42 Å². The third kappa shape index (κ3) is 1.68. The molecule has 0 aliphatic carbocycles. The Morgan fingerprint density at radius 2 is 2.56 bits per heavy atom. The molecule has 1 aromatic heterocycles. The molecule has 0 aliphatic rings. The molecule has 0 radical (unpaired) electrons. The normalized spacial score (nSPS) is 9.89. The van der Waals surface area contributed by atoms with E-state index >= 15 is 0 Å². The molecular weight excluding hydrogens is 132 g/mol. The molecular formula is C6H10N2S. The van der Waals surface area contributed by atoms with E-state index in [1.807, 2.05) is 6.20 Å². The smallest absolute Gasteiger partial charge is 0.180 e. The summed E-state index contributed by atoms with van der Waals surface area (Å²) in [6.07, 6.45) is 4.12. The van der Waals surface area contributed by atoms with E-state index < -0.39 is 0 Å². The van der Waals surface area contributed by atoms with Gasteiger partial charge in [0, 0.05) is 11.1 Å². The van der Waals surface area contributed by atoms with Crippen molar-refractivity contribution in [2.45, 2.75) is 19.8 Å². The van der Waals surface area contributed by atoms with Crippen LogP contribution in [0.3, 0.4) is 0 Å². The molecule has 0 unspecified atom stereocenters. The van der Waals surface area contributed by atoms with E-state index in [2.05, 4.69) is 11.9 Å². The lowest BCUT2D eigenvalue weighted by molar-refractivity contribution is 0.936. The Balaban J connectivity index is 2.61. The fraction of sp³-hybridized carbons (Fsp3) is 0.500. The van der Waals surface area contributed by atoms with E-state index in [4.69, 9.17) is 5.73 Å². The van der Waals surface area contributed by atoms with Crippen LogP contribution in [0.5, 0.6) is 0 Å². The van der Waals surface area contributed by atoms with Gasteiger partial charge in [0.1, 0.15) is 0 Å². The van der Waals surface area contributed by atoms with Crippen molar-refractivity contribution in [2.75, 3.05) is 5.73 Å². The Morgan fingerprint density at radius 3 is 3.00 bits per heavy atom. The van der Waals surface area contributed by atoms with Gasteiger partial charge in [-0.05, 0) is 6.42 Å². The molecule has 0 atom stereocenters. The second kappa shape index (κ2) is 2.82. The molecule has 1 rings (SSSR count). The minimum Gasteiger partial charge on any atom is -0.375 e. The summed E-state index contributed by atoms with van der Waals surface area (Å²) in [5.74, 6) is 0. The van der Waals surface area contributed by atoms with Crippen molar-refractivity contribution in [3.05, 3.63) is 11.1 Å². The second-order valence-electron chi connectivity index (χ2n) is 1.91. The van der Waals surface area contributed by atoms with Crippen LogP contribution in [0.2, 0.25) is 0 Å². The summed E-state index contributed by atoms with van der Waals surface area (Å²) in [5.41, 5.74) is 5.42. The number of hydrogen-bond acceptors (Lipinski definition) is 3. The van der Waals surface area contributed by atoms with Gasteiger partial charge in [-0.15, -0.1) is 11.3 Å². The Morgan fingerprint density at radius 1 is 1.78 bits per heavy atom. The van der Waals surface area contributed by atoms with E-state index in [-0.39, 0.29) is 0 Å². The molecule has 2 N–H and O–H groups in total. The molecule has 0 spiro atoms. The maximum absolute atomic E-state index is 5.42. The third-order valence-corrected chi connectivity index (χ3v) is 1.95. The topological polar surface area (TPSA) is 38.9 Å². The van der Waals surface area contributed by atoms with E-state index in [0.29, 0.717) is 5.13 Å². The average Bonchev–Trinajstić information content (AvgIpc) is 2.17. The van der Waals surface area contributed by atoms with Crippen LogP contribution in [0.1, 0.15) is 18.2 Å². The van der Waals surface area contributed by atoms with Gasteiger partial charge in [0.05, 0.1) is 0 Å². The molecule has 1 aromatic rings. The van der Waals surface area contributed by atoms with Crippen LogP contribution in [-0.4, -0.2) is 4.98 Å². The summed E-state index contributed by atoms with van der Waals surface area (Å²) in [7, 11) is 0. The Labute approximate surface area is 58.7 Å². The van der Waals surface area contributed by atoms with E-state index in [1.165, 1.54) is 11.3 Å². The predicted molar refractivity (Wildman–Crippen MR) is 40.5 cm³/mol. The second-order valence-corrected chi connectivity index (χ2v) is 3.06. The average molecular weight is 142 g/mol. The van der Waals surface area contributed by atoms with Crippen molar-refractivity contribution in [3.8, 4) is 0 Å². The first-order chi connectivity index (χ1) is 4.33. The van der Waals surface area contributed by atoms with Crippen LogP contribution in [-0.2, 0) is 6.42 Å². The van der Waals surface area contributed by atoms with Gasteiger partial charge in [0.2, 0.25) is 0 Å². The highest BCUT2D eigenvalue weighted by molar-refractivity contribution is 7.15. The zero-order chi connectivity index (χ0) is 6.69. The lowest BCUT2D eigenvalue weighted by Gasteiger charge is -1.84. The highest BCUT2D eigenvalue weighted by Gasteiger charge is 1.94. The summed E-state index contributed by atoms with van der Waals surface area (Å²) in [4.78, 5) is 5.22. The molecule has 2 nitrogen and oxygen atoms in total. The molecule has 0 aliphatic heterocycles. The lowest BCUT2D eigenvalue weighted by Crippen LogP contribution is -1.77. The predicted octanol–water partition coefficient (Wildman–Crippen LogP) is 1.68. The highest BCUT2D eigenvalue weighted by Crippen LogP contribution is 2.15. The summed E-state index contributed by atoms with van der Waals surface area (Å²) in [6.45, 7) is 2.15. The van der Waals surface area contributed by atoms with Crippen molar-refractivity contribution >= 4 is 16.5 Å². The Kier molecular flexibility index (Phi) is 2.05. The number of nitrogen functional groups attached to an aromatic ring is 1. The molecule has 0 fully saturated rings. The van der Waals surface area contributed by atoms with Gasteiger partial charge in [-0.1, -0.05) is 13.3 Å². The van der Waals surface area contributed by atoms with Crippen LogP contribution in [0.15, 0.2) is 6.20 Å². The number of anilines is 1. The number of rotatable bonds is 2. The van der Waals surface area contributed by atoms with Crippen molar-refractivity contribution in [1.29, 1.82) is 0 Å². The monoisotopic (exact) mass is 142 g/mol. The lowest BCUT2D eigenvalue weighted by atomic mass is 10.3. The minimum atomic E-state index is 0.679. The number of nitrogens with two attached hydrogens (primary N) is 1. The van der Waals surface area contributed by atoms with E-state index in [1.54, 1.807) is 11.3 Å². The van der Waals surface area contributed by atoms with Gasteiger partial charge in [-0.2, -0.15) is 0 Å². The zero-order valence-electron chi connectivity index (χ0n) is 5.42. The van der Waals surface area contributed by atoms with Gasteiger partial charge >= 0.3 is 0 Å². The molecule has 0 saturated heterocycles. The Bertz CT molecular complexity index is 183. The van der Waals surface area contributed by atoms with Crippen LogP contribution >= 0.6 is 11.3 Å².